The normalized spacial score (nSPS) is 13.0. The molecule has 0 saturated carbocycles. The van der Waals surface area contributed by atoms with Crippen LogP contribution in [0.25, 0.3) is 53.6 Å². The van der Waals surface area contributed by atoms with Crippen molar-refractivity contribution in [2.24, 2.45) is 0 Å². The minimum absolute atomic E-state index is 0.113. The third kappa shape index (κ3) is 2.86. The fourth-order valence-electron chi connectivity index (χ4n) is 6.92. The van der Waals surface area contributed by atoms with Crippen LogP contribution in [0.5, 0.6) is 0 Å². The van der Waals surface area contributed by atoms with Gasteiger partial charge in [0, 0.05) is 48.2 Å². The molecule has 0 saturated heterocycles. The molecular weight excluding hydrogens is 489 g/mol. The Hall–Kier alpha value is -4.60. The molecule has 0 aliphatic carbocycles. The first-order valence-corrected chi connectivity index (χ1v) is 14.3. The van der Waals surface area contributed by atoms with Gasteiger partial charge in [0.1, 0.15) is 0 Å². The van der Waals surface area contributed by atoms with Crippen molar-refractivity contribution in [3.05, 3.63) is 133 Å². The van der Waals surface area contributed by atoms with Crippen molar-refractivity contribution in [1.82, 2.24) is 0 Å². The molecule has 0 radical (unpaired) electrons. The molecule has 2 aliphatic rings. The van der Waals surface area contributed by atoms with Crippen LogP contribution in [0, 0.1) is 0 Å². The summed E-state index contributed by atoms with van der Waals surface area (Å²) in [4.78, 5) is 2.57. The van der Waals surface area contributed by atoms with E-state index in [1.165, 1.54) is 75.9 Å². The van der Waals surface area contributed by atoms with Gasteiger partial charge in [-0.25, -0.2) is 0 Å². The van der Waals surface area contributed by atoms with E-state index >= 15 is 0 Å². The summed E-state index contributed by atoms with van der Waals surface area (Å²) in [6.07, 6.45) is 0. The molecule has 7 aromatic rings. The van der Waals surface area contributed by atoms with Crippen LogP contribution >= 0.6 is 11.3 Å². The Labute approximate surface area is 231 Å². The van der Waals surface area contributed by atoms with Crippen LogP contribution in [0.3, 0.4) is 0 Å². The first-order valence-electron chi connectivity index (χ1n) is 13.5. The van der Waals surface area contributed by atoms with Gasteiger partial charge in [-0.05, 0) is 45.8 Å². The fraction of sp³-hybridized carbons (Fsp3) is 0. The minimum atomic E-state index is 0.113. The van der Waals surface area contributed by atoms with E-state index in [1.807, 2.05) is 11.3 Å². The van der Waals surface area contributed by atoms with E-state index < -0.39 is 0 Å². The summed E-state index contributed by atoms with van der Waals surface area (Å²) in [6.45, 7) is 0.113. The number of anilines is 2. The standard InChI is InChI=1S/C36H22BNS/c1-5-18-30-23(11-1)24-12-2-6-20-32(24)38-33-21-7-3-14-29(33)35-26(15-10-19-31(35)37(30)38)28-17-9-16-27-25-13-4-8-22-34(25)39-36(27)28/h1-22H. The average Bonchev–Trinajstić information content (AvgIpc) is 3.39. The predicted octanol–water partition coefficient (Wildman–Crippen LogP) is 8.63. The Balaban J connectivity index is 1.39. The van der Waals surface area contributed by atoms with Crippen molar-refractivity contribution < 1.29 is 0 Å². The number of hydrogen-bond acceptors (Lipinski definition) is 2. The van der Waals surface area contributed by atoms with Gasteiger partial charge in [-0.1, -0.05) is 115 Å². The topological polar surface area (TPSA) is 3.24 Å². The Bertz CT molecular complexity index is 2110. The monoisotopic (exact) mass is 511 g/mol. The molecule has 6 aromatic carbocycles. The van der Waals surface area contributed by atoms with Crippen LogP contribution in [0.15, 0.2) is 133 Å². The summed E-state index contributed by atoms with van der Waals surface area (Å²) >= 11 is 1.91. The van der Waals surface area contributed by atoms with Crippen molar-refractivity contribution in [2.45, 2.75) is 0 Å². The molecule has 180 valence electrons. The summed E-state index contributed by atoms with van der Waals surface area (Å²) in [5, 5.41) is 2.68. The molecule has 0 N–H and O–H groups in total. The Morgan fingerprint density at radius 1 is 0.436 bits per heavy atom. The minimum Gasteiger partial charge on any atom is -0.376 e. The van der Waals surface area contributed by atoms with Crippen molar-refractivity contribution in [2.75, 3.05) is 4.81 Å². The molecule has 3 heterocycles. The highest BCUT2D eigenvalue weighted by molar-refractivity contribution is 7.26. The first kappa shape index (κ1) is 21.4. The number of nitrogens with zero attached hydrogens (tertiary/aromatic N) is 1. The van der Waals surface area contributed by atoms with Crippen LogP contribution in [-0.2, 0) is 0 Å². The SMILES string of the molecule is c1ccc2c(c1)B1c3cccc(-c4cccc5c4sc4ccccc45)c3-c3ccccc3N1c1ccccc1-2. The summed E-state index contributed by atoms with van der Waals surface area (Å²) in [5.74, 6) is 0. The predicted molar refractivity (Wildman–Crippen MR) is 169 cm³/mol. The van der Waals surface area contributed by atoms with E-state index in [0.717, 1.165) is 0 Å². The third-order valence-electron chi connectivity index (χ3n) is 8.49. The molecule has 0 amide bonds. The van der Waals surface area contributed by atoms with E-state index in [0.29, 0.717) is 0 Å². The largest absolute Gasteiger partial charge is 0.376 e. The van der Waals surface area contributed by atoms with Gasteiger partial charge in [0.2, 0.25) is 0 Å². The highest BCUT2D eigenvalue weighted by Gasteiger charge is 2.42. The van der Waals surface area contributed by atoms with Crippen molar-refractivity contribution in [3.8, 4) is 33.4 Å². The lowest BCUT2D eigenvalue weighted by Crippen LogP contribution is -2.59. The number of para-hydroxylation sites is 2. The van der Waals surface area contributed by atoms with E-state index in [1.54, 1.807) is 0 Å². The Kier molecular flexibility index (Phi) is 4.35. The van der Waals surface area contributed by atoms with E-state index in [4.69, 9.17) is 0 Å². The summed E-state index contributed by atoms with van der Waals surface area (Å²) in [5.41, 5.74) is 13.2. The molecule has 1 nitrogen and oxygen atoms in total. The van der Waals surface area contributed by atoms with Crippen molar-refractivity contribution in [1.29, 1.82) is 0 Å². The molecule has 0 spiro atoms. The number of thiophene rings is 1. The summed E-state index contributed by atoms with van der Waals surface area (Å²) < 4.78 is 2.70. The zero-order valence-electron chi connectivity index (χ0n) is 21.1. The number of hydrogen-bond donors (Lipinski definition) is 0. The van der Waals surface area contributed by atoms with Gasteiger partial charge in [0.05, 0.1) is 0 Å². The van der Waals surface area contributed by atoms with Crippen molar-refractivity contribution in [3.63, 3.8) is 0 Å². The quantitative estimate of drug-likeness (QED) is 0.200. The zero-order valence-corrected chi connectivity index (χ0v) is 22.0. The lowest BCUT2D eigenvalue weighted by Gasteiger charge is -2.43. The third-order valence-corrected chi connectivity index (χ3v) is 9.71. The van der Waals surface area contributed by atoms with Gasteiger partial charge < -0.3 is 4.81 Å². The lowest BCUT2D eigenvalue weighted by atomic mass is 9.43. The molecule has 3 heteroatoms. The van der Waals surface area contributed by atoms with Crippen LogP contribution in [0.4, 0.5) is 11.4 Å². The summed E-state index contributed by atoms with van der Waals surface area (Å²) in [7, 11) is 0. The molecule has 0 unspecified atom stereocenters. The van der Waals surface area contributed by atoms with E-state index in [-0.39, 0.29) is 6.85 Å². The van der Waals surface area contributed by atoms with Crippen LogP contribution in [0.2, 0.25) is 0 Å². The second-order valence-corrected chi connectivity index (χ2v) is 11.5. The van der Waals surface area contributed by atoms with Gasteiger partial charge in [0.15, 0.2) is 0 Å². The molecule has 0 bridgehead atoms. The lowest BCUT2D eigenvalue weighted by molar-refractivity contribution is 1.35. The second kappa shape index (κ2) is 7.95. The number of rotatable bonds is 1. The Morgan fingerprint density at radius 2 is 1.03 bits per heavy atom. The number of fused-ring (bicyclic) bond motifs is 14. The van der Waals surface area contributed by atoms with Gasteiger partial charge in [-0.3, -0.25) is 0 Å². The van der Waals surface area contributed by atoms with E-state index in [2.05, 4.69) is 138 Å². The maximum atomic E-state index is 2.57. The van der Waals surface area contributed by atoms with Crippen LogP contribution in [0.1, 0.15) is 0 Å². The van der Waals surface area contributed by atoms with Crippen molar-refractivity contribution >= 4 is 60.7 Å². The highest BCUT2D eigenvalue weighted by atomic mass is 32.1. The van der Waals surface area contributed by atoms with Gasteiger partial charge in [-0.15, -0.1) is 11.3 Å². The Morgan fingerprint density at radius 3 is 1.92 bits per heavy atom. The molecule has 39 heavy (non-hydrogen) atoms. The second-order valence-electron chi connectivity index (χ2n) is 10.4. The molecule has 0 fully saturated rings. The average molecular weight is 511 g/mol. The maximum absolute atomic E-state index is 2.57. The van der Waals surface area contributed by atoms with Gasteiger partial charge >= 0.3 is 6.85 Å². The van der Waals surface area contributed by atoms with Gasteiger partial charge in [0.25, 0.3) is 0 Å². The number of benzene rings is 6. The molecule has 1 aromatic heterocycles. The molecule has 9 rings (SSSR count). The molecule has 0 atom stereocenters. The van der Waals surface area contributed by atoms with Crippen LogP contribution in [-0.4, -0.2) is 6.85 Å². The molecule has 2 aliphatic heterocycles. The summed E-state index contributed by atoms with van der Waals surface area (Å²) in [6, 6.07) is 49.3. The zero-order chi connectivity index (χ0) is 25.5. The van der Waals surface area contributed by atoms with Gasteiger partial charge in [-0.2, -0.15) is 0 Å². The first-order chi connectivity index (χ1) is 19.4. The smallest absolute Gasteiger partial charge is 0.329 e. The van der Waals surface area contributed by atoms with E-state index in [9.17, 15) is 0 Å². The highest BCUT2D eigenvalue weighted by Crippen LogP contribution is 2.49. The van der Waals surface area contributed by atoms with Crippen LogP contribution < -0.4 is 15.7 Å². The molecular formula is C36H22BNS. The maximum Gasteiger partial charge on any atom is 0.329 e. The fourth-order valence-corrected chi connectivity index (χ4v) is 8.15.